The summed E-state index contributed by atoms with van der Waals surface area (Å²) in [5, 5.41) is 3.31. The summed E-state index contributed by atoms with van der Waals surface area (Å²) in [5.74, 6) is 0.431. The Labute approximate surface area is 113 Å². The van der Waals surface area contributed by atoms with Gasteiger partial charge in [0.05, 0.1) is 25.9 Å². The molecular formula is C14H21FN2O2. The van der Waals surface area contributed by atoms with Gasteiger partial charge >= 0.3 is 0 Å². The van der Waals surface area contributed by atoms with Crippen molar-refractivity contribution in [1.29, 1.82) is 0 Å². The SMILES string of the molecule is COc1ccc(F)cc1C(C1CNCCO1)N(C)C. The molecular weight excluding hydrogens is 247 g/mol. The molecule has 1 fully saturated rings. The van der Waals surface area contributed by atoms with Gasteiger partial charge in [-0.2, -0.15) is 0 Å². The first-order valence-electron chi connectivity index (χ1n) is 6.45. The van der Waals surface area contributed by atoms with Crippen molar-refractivity contribution >= 4 is 0 Å². The molecule has 5 heteroatoms. The van der Waals surface area contributed by atoms with Crippen LogP contribution in [0.1, 0.15) is 11.6 Å². The summed E-state index contributed by atoms with van der Waals surface area (Å²) in [4.78, 5) is 2.04. The van der Waals surface area contributed by atoms with Crippen LogP contribution in [-0.2, 0) is 4.74 Å². The van der Waals surface area contributed by atoms with Gasteiger partial charge in [-0.25, -0.2) is 4.39 Å². The Bertz CT molecular complexity index is 420. The molecule has 4 nitrogen and oxygen atoms in total. The van der Waals surface area contributed by atoms with Crippen LogP contribution in [0.3, 0.4) is 0 Å². The Balaban J connectivity index is 2.34. The number of nitrogens with zero attached hydrogens (tertiary/aromatic N) is 1. The number of nitrogens with one attached hydrogen (secondary N) is 1. The van der Waals surface area contributed by atoms with E-state index in [0.717, 1.165) is 18.7 Å². The van der Waals surface area contributed by atoms with Crippen LogP contribution in [0.25, 0.3) is 0 Å². The van der Waals surface area contributed by atoms with Gasteiger partial charge in [-0.3, -0.25) is 4.90 Å². The van der Waals surface area contributed by atoms with E-state index in [1.54, 1.807) is 13.2 Å². The van der Waals surface area contributed by atoms with E-state index in [9.17, 15) is 4.39 Å². The van der Waals surface area contributed by atoms with Gasteiger partial charge in [-0.05, 0) is 32.3 Å². The van der Waals surface area contributed by atoms with E-state index in [0.29, 0.717) is 12.4 Å². The first-order valence-corrected chi connectivity index (χ1v) is 6.45. The third-order valence-electron chi connectivity index (χ3n) is 3.38. The highest BCUT2D eigenvalue weighted by Gasteiger charge is 2.30. The highest BCUT2D eigenvalue weighted by atomic mass is 19.1. The van der Waals surface area contributed by atoms with Gasteiger partial charge in [0.2, 0.25) is 0 Å². The Hall–Kier alpha value is -1.17. The lowest BCUT2D eigenvalue weighted by Crippen LogP contribution is -2.45. The van der Waals surface area contributed by atoms with Crippen LogP contribution in [0.15, 0.2) is 18.2 Å². The number of hydrogen-bond donors (Lipinski definition) is 1. The van der Waals surface area contributed by atoms with Crippen molar-refractivity contribution in [3.8, 4) is 5.75 Å². The Morgan fingerprint density at radius 3 is 2.84 bits per heavy atom. The summed E-state index contributed by atoms with van der Waals surface area (Å²) in [5.41, 5.74) is 0.821. The average Bonchev–Trinajstić information content (AvgIpc) is 2.40. The average molecular weight is 268 g/mol. The van der Waals surface area contributed by atoms with Crippen LogP contribution in [0.4, 0.5) is 4.39 Å². The maximum atomic E-state index is 13.5. The van der Waals surface area contributed by atoms with Crippen LogP contribution >= 0.6 is 0 Å². The third-order valence-corrected chi connectivity index (χ3v) is 3.38. The van der Waals surface area contributed by atoms with Crippen molar-refractivity contribution in [1.82, 2.24) is 10.2 Å². The monoisotopic (exact) mass is 268 g/mol. The summed E-state index contributed by atoms with van der Waals surface area (Å²) in [6.45, 7) is 2.28. The number of ether oxygens (including phenoxy) is 2. The fraction of sp³-hybridized carbons (Fsp3) is 0.571. The fourth-order valence-corrected chi connectivity index (χ4v) is 2.54. The molecule has 0 saturated carbocycles. The molecule has 1 N–H and O–H groups in total. The lowest BCUT2D eigenvalue weighted by Gasteiger charge is -2.36. The Morgan fingerprint density at radius 1 is 1.47 bits per heavy atom. The van der Waals surface area contributed by atoms with E-state index >= 15 is 0 Å². The van der Waals surface area contributed by atoms with Gasteiger partial charge in [0.1, 0.15) is 11.6 Å². The van der Waals surface area contributed by atoms with Crippen LogP contribution in [0.5, 0.6) is 5.75 Å². The van der Waals surface area contributed by atoms with Gasteiger partial charge in [-0.15, -0.1) is 0 Å². The molecule has 19 heavy (non-hydrogen) atoms. The summed E-state index contributed by atoms with van der Waals surface area (Å²) >= 11 is 0. The lowest BCUT2D eigenvalue weighted by molar-refractivity contribution is -0.0218. The van der Waals surface area contributed by atoms with Gasteiger partial charge in [0.15, 0.2) is 0 Å². The first-order chi connectivity index (χ1) is 9.13. The van der Waals surface area contributed by atoms with Gasteiger partial charge in [0, 0.05) is 18.7 Å². The molecule has 1 aromatic rings. The summed E-state index contributed by atoms with van der Waals surface area (Å²) in [6.07, 6.45) is -0.0144. The molecule has 1 aliphatic rings. The second kappa shape index (κ2) is 6.32. The minimum Gasteiger partial charge on any atom is -0.496 e. The van der Waals surface area contributed by atoms with Crippen molar-refractivity contribution in [3.63, 3.8) is 0 Å². The first kappa shape index (κ1) is 14.2. The summed E-state index contributed by atoms with van der Waals surface area (Å²) in [6, 6.07) is 4.56. The van der Waals surface area contributed by atoms with Crippen LogP contribution in [-0.4, -0.2) is 51.9 Å². The number of rotatable bonds is 4. The minimum absolute atomic E-state index is 0.0144. The largest absolute Gasteiger partial charge is 0.496 e. The highest BCUT2D eigenvalue weighted by molar-refractivity contribution is 5.37. The zero-order valence-corrected chi connectivity index (χ0v) is 11.6. The van der Waals surface area contributed by atoms with E-state index in [4.69, 9.17) is 9.47 Å². The topological polar surface area (TPSA) is 33.7 Å². The van der Waals surface area contributed by atoms with Crippen LogP contribution in [0, 0.1) is 5.82 Å². The zero-order valence-electron chi connectivity index (χ0n) is 11.6. The molecule has 1 saturated heterocycles. The molecule has 1 aromatic carbocycles. The van der Waals surface area contributed by atoms with Gasteiger partial charge in [-0.1, -0.05) is 0 Å². The Kier molecular flexibility index (Phi) is 4.74. The quantitative estimate of drug-likeness (QED) is 0.895. The van der Waals surface area contributed by atoms with Crippen molar-refractivity contribution in [2.24, 2.45) is 0 Å². The van der Waals surface area contributed by atoms with Gasteiger partial charge < -0.3 is 14.8 Å². The fourth-order valence-electron chi connectivity index (χ4n) is 2.54. The second-order valence-corrected chi connectivity index (χ2v) is 4.91. The van der Waals surface area contributed by atoms with Crippen molar-refractivity contribution in [2.45, 2.75) is 12.1 Å². The Morgan fingerprint density at radius 2 is 2.26 bits per heavy atom. The molecule has 0 spiro atoms. The number of morpholine rings is 1. The third kappa shape index (κ3) is 3.23. The second-order valence-electron chi connectivity index (χ2n) is 4.91. The molecule has 0 aromatic heterocycles. The predicted molar refractivity (Wildman–Crippen MR) is 72.0 cm³/mol. The van der Waals surface area contributed by atoms with Crippen molar-refractivity contribution in [3.05, 3.63) is 29.6 Å². The van der Waals surface area contributed by atoms with E-state index in [2.05, 4.69) is 5.32 Å². The number of halogens is 1. The molecule has 2 rings (SSSR count). The smallest absolute Gasteiger partial charge is 0.123 e. The number of hydrogen-bond acceptors (Lipinski definition) is 4. The number of benzene rings is 1. The molecule has 0 radical (unpaired) electrons. The van der Waals surface area contributed by atoms with E-state index in [1.807, 2.05) is 19.0 Å². The summed E-state index contributed by atoms with van der Waals surface area (Å²) < 4.78 is 24.7. The van der Waals surface area contributed by atoms with E-state index in [-0.39, 0.29) is 18.0 Å². The maximum Gasteiger partial charge on any atom is 0.123 e. The number of likely N-dealkylation sites (N-methyl/N-ethyl adjacent to an activating group) is 1. The lowest BCUT2D eigenvalue weighted by atomic mass is 9.98. The van der Waals surface area contributed by atoms with Crippen molar-refractivity contribution in [2.75, 3.05) is 40.9 Å². The molecule has 2 atom stereocenters. The molecule has 0 aliphatic carbocycles. The van der Waals surface area contributed by atoms with Crippen LogP contribution < -0.4 is 10.1 Å². The molecule has 1 heterocycles. The van der Waals surface area contributed by atoms with E-state index in [1.165, 1.54) is 12.1 Å². The molecule has 0 bridgehead atoms. The zero-order chi connectivity index (χ0) is 13.8. The highest BCUT2D eigenvalue weighted by Crippen LogP contribution is 2.32. The molecule has 106 valence electrons. The van der Waals surface area contributed by atoms with Gasteiger partial charge in [0.25, 0.3) is 0 Å². The standard InChI is InChI=1S/C14H21FN2O2/c1-17(2)14(13-9-16-6-7-19-13)11-8-10(15)4-5-12(11)18-3/h4-5,8,13-14,16H,6-7,9H2,1-3H3. The van der Waals surface area contributed by atoms with Crippen molar-refractivity contribution < 1.29 is 13.9 Å². The molecule has 2 unspecified atom stereocenters. The molecule has 1 aliphatic heterocycles. The molecule has 0 amide bonds. The summed E-state index contributed by atoms with van der Waals surface area (Å²) in [7, 11) is 5.53. The van der Waals surface area contributed by atoms with Crippen LogP contribution in [0.2, 0.25) is 0 Å². The maximum absolute atomic E-state index is 13.5. The minimum atomic E-state index is -0.258. The number of methoxy groups -OCH3 is 1. The predicted octanol–water partition coefficient (Wildman–Crippen LogP) is 1.43. The van der Waals surface area contributed by atoms with E-state index < -0.39 is 0 Å². The normalized spacial score (nSPS) is 21.4.